The maximum atomic E-state index is 12.0. The van der Waals surface area contributed by atoms with Crippen molar-refractivity contribution in [1.82, 2.24) is 0 Å². The quantitative estimate of drug-likeness (QED) is 0.296. The zero-order chi connectivity index (χ0) is 23.5. The van der Waals surface area contributed by atoms with E-state index < -0.39 is 11.9 Å². The van der Waals surface area contributed by atoms with Crippen LogP contribution in [0.2, 0.25) is 0 Å². The number of hydrogen-bond donors (Lipinski definition) is 0. The molecular weight excluding hydrogens is 400 g/mol. The Bertz CT molecular complexity index is 991. The number of aryl methyl sites for hydroxylation is 2. The molecule has 32 heavy (non-hydrogen) atoms. The van der Waals surface area contributed by atoms with Crippen LogP contribution in [0.5, 0.6) is 11.5 Å². The lowest BCUT2D eigenvalue weighted by Crippen LogP contribution is -2.30. The summed E-state index contributed by atoms with van der Waals surface area (Å²) in [7, 11) is 0. The Morgan fingerprint density at radius 2 is 1.16 bits per heavy atom. The van der Waals surface area contributed by atoms with Gasteiger partial charge in [0.1, 0.15) is 11.5 Å². The first kappa shape index (κ1) is 23.5. The molecule has 0 atom stereocenters. The summed E-state index contributed by atoms with van der Waals surface area (Å²) in [6, 6.07) is 12.2. The van der Waals surface area contributed by atoms with Crippen molar-refractivity contribution in [3.8, 4) is 11.5 Å². The van der Waals surface area contributed by atoms with Gasteiger partial charge in [0.05, 0.1) is 0 Å². The van der Waals surface area contributed by atoms with Crippen molar-refractivity contribution in [2.75, 3.05) is 0 Å². The Morgan fingerprint density at radius 1 is 0.750 bits per heavy atom. The second-order valence-electron chi connectivity index (χ2n) is 8.94. The second kappa shape index (κ2) is 9.56. The van der Waals surface area contributed by atoms with Crippen LogP contribution in [0.3, 0.4) is 0 Å². The highest BCUT2D eigenvalue weighted by molar-refractivity contribution is 5.89. The monoisotopic (exact) mass is 432 g/mol. The predicted octanol–water partition coefficient (Wildman–Crippen LogP) is 6.52. The third-order valence-corrected chi connectivity index (χ3v) is 6.26. The first-order chi connectivity index (χ1) is 15.1. The van der Waals surface area contributed by atoms with Crippen LogP contribution in [-0.2, 0) is 15.0 Å². The van der Waals surface area contributed by atoms with Crippen molar-refractivity contribution in [3.63, 3.8) is 0 Å². The summed E-state index contributed by atoms with van der Waals surface area (Å²) in [5.41, 5.74) is 4.91. The standard InChI is InChI=1S/C28H32O4/c1-18(2)26(29)31-24-12-10-22(16-20(24)5)28(14-8-7-9-15-28)23-11-13-25(21(6)17-23)32-27(30)19(3)4/h10-13,16-17H,1,3,7-9,14-15H2,2,4-6H3. The van der Waals surface area contributed by atoms with Gasteiger partial charge in [0.2, 0.25) is 0 Å². The molecule has 3 rings (SSSR count). The molecule has 2 aromatic rings. The number of rotatable bonds is 6. The molecule has 0 unspecified atom stereocenters. The van der Waals surface area contributed by atoms with Gasteiger partial charge in [-0.1, -0.05) is 56.7 Å². The topological polar surface area (TPSA) is 52.6 Å². The summed E-state index contributed by atoms with van der Waals surface area (Å²) in [4.78, 5) is 23.9. The molecule has 0 aromatic heterocycles. The molecule has 0 bridgehead atoms. The van der Waals surface area contributed by atoms with Gasteiger partial charge in [0.15, 0.2) is 0 Å². The lowest BCUT2D eigenvalue weighted by atomic mass is 9.65. The zero-order valence-electron chi connectivity index (χ0n) is 19.5. The number of hydrogen-bond acceptors (Lipinski definition) is 4. The molecule has 0 aliphatic heterocycles. The molecule has 1 aliphatic rings. The summed E-state index contributed by atoms with van der Waals surface area (Å²) >= 11 is 0. The van der Waals surface area contributed by atoms with Crippen LogP contribution >= 0.6 is 0 Å². The Labute approximate surface area is 190 Å². The van der Waals surface area contributed by atoms with Crippen LogP contribution in [0.25, 0.3) is 0 Å². The van der Waals surface area contributed by atoms with E-state index in [9.17, 15) is 9.59 Å². The molecule has 4 nitrogen and oxygen atoms in total. The van der Waals surface area contributed by atoms with Gasteiger partial charge in [-0.2, -0.15) is 0 Å². The third-order valence-electron chi connectivity index (χ3n) is 6.26. The summed E-state index contributed by atoms with van der Waals surface area (Å²) < 4.78 is 11.0. The fraction of sp³-hybridized carbons (Fsp3) is 0.357. The van der Waals surface area contributed by atoms with Crippen LogP contribution < -0.4 is 9.47 Å². The van der Waals surface area contributed by atoms with E-state index in [1.807, 2.05) is 26.0 Å². The Kier molecular flexibility index (Phi) is 7.02. The number of esters is 2. The van der Waals surface area contributed by atoms with Crippen molar-refractivity contribution in [3.05, 3.63) is 83.0 Å². The fourth-order valence-electron chi connectivity index (χ4n) is 4.40. The van der Waals surface area contributed by atoms with Gasteiger partial charge < -0.3 is 9.47 Å². The van der Waals surface area contributed by atoms with Crippen LogP contribution in [0.1, 0.15) is 68.2 Å². The summed E-state index contributed by atoms with van der Waals surface area (Å²) in [5, 5.41) is 0. The zero-order valence-corrected chi connectivity index (χ0v) is 19.5. The van der Waals surface area contributed by atoms with Crippen molar-refractivity contribution < 1.29 is 19.1 Å². The molecule has 168 valence electrons. The SMILES string of the molecule is C=C(C)C(=O)Oc1ccc(C2(c3ccc(OC(=O)C(=C)C)c(C)c3)CCCCC2)cc1C. The largest absolute Gasteiger partial charge is 0.423 e. The van der Waals surface area contributed by atoms with Gasteiger partial charge in [-0.25, -0.2) is 9.59 Å². The summed E-state index contributed by atoms with van der Waals surface area (Å²) in [6.45, 7) is 14.5. The van der Waals surface area contributed by atoms with Gasteiger partial charge in [-0.15, -0.1) is 0 Å². The van der Waals surface area contributed by atoms with Crippen LogP contribution in [0.15, 0.2) is 60.7 Å². The normalized spacial score (nSPS) is 15.0. The second-order valence-corrected chi connectivity index (χ2v) is 8.94. The molecule has 0 radical (unpaired) electrons. The first-order valence-electron chi connectivity index (χ1n) is 11.1. The maximum Gasteiger partial charge on any atom is 0.338 e. The van der Waals surface area contributed by atoms with Gasteiger partial charge in [-0.05, 0) is 74.9 Å². The Hall–Kier alpha value is -3.14. The van der Waals surface area contributed by atoms with E-state index in [2.05, 4.69) is 37.4 Å². The highest BCUT2D eigenvalue weighted by Crippen LogP contribution is 2.46. The van der Waals surface area contributed by atoms with Crippen LogP contribution in [-0.4, -0.2) is 11.9 Å². The minimum absolute atomic E-state index is 0.123. The third kappa shape index (κ3) is 4.85. The van der Waals surface area contributed by atoms with E-state index in [1.54, 1.807) is 13.8 Å². The average Bonchev–Trinajstić information content (AvgIpc) is 2.76. The van der Waals surface area contributed by atoms with E-state index in [0.717, 1.165) is 36.8 Å². The minimum atomic E-state index is -0.413. The molecule has 0 N–H and O–H groups in total. The predicted molar refractivity (Wildman–Crippen MR) is 127 cm³/mol. The molecule has 0 saturated heterocycles. The van der Waals surface area contributed by atoms with Gasteiger partial charge in [0, 0.05) is 16.6 Å². The van der Waals surface area contributed by atoms with Gasteiger partial charge in [-0.3, -0.25) is 0 Å². The Balaban J connectivity index is 1.99. The lowest BCUT2D eigenvalue weighted by Gasteiger charge is -2.39. The van der Waals surface area contributed by atoms with Crippen molar-refractivity contribution in [2.45, 2.75) is 65.2 Å². The highest BCUT2D eigenvalue weighted by Gasteiger charge is 2.36. The smallest absolute Gasteiger partial charge is 0.338 e. The molecule has 1 fully saturated rings. The minimum Gasteiger partial charge on any atom is -0.423 e. The molecule has 2 aromatic carbocycles. The van der Waals surface area contributed by atoms with E-state index in [1.165, 1.54) is 17.5 Å². The number of carbonyl (C=O) groups is 2. The molecule has 4 heteroatoms. The van der Waals surface area contributed by atoms with Gasteiger partial charge in [0.25, 0.3) is 0 Å². The summed E-state index contributed by atoms with van der Waals surface area (Å²) in [5.74, 6) is 0.296. The maximum absolute atomic E-state index is 12.0. The Morgan fingerprint density at radius 3 is 1.50 bits per heavy atom. The highest BCUT2D eigenvalue weighted by atomic mass is 16.5. The number of ether oxygens (including phenoxy) is 2. The molecule has 0 heterocycles. The van der Waals surface area contributed by atoms with Gasteiger partial charge >= 0.3 is 11.9 Å². The van der Waals surface area contributed by atoms with E-state index in [-0.39, 0.29) is 5.41 Å². The van der Waals surface area contributed by atoms with Crippen LogP contribution in [0.4, 0.5) is 0 Å². The average molecular weight is 433 g/mol. The van der Waals surface area contributed by atoms with Crippen molar-refractivity contribution in [2.24, 2.45) is 0 Å². The number of carbonyl (C=O) groups excluding carboxylic acids is 2. The molecule has 1 saturated carbocycles. The van der Waals surface area contributed by atoms with E-state index in [0.29, 0.717) is 22.6 Å². The fourth-order valence-corrected chi connectivity index (χ4v) is 4.40. The first-order valence-corrected chi connectivity index (χ1v) is 11.1. The van der Waals surface area contributed by atoms with Crippen molar-refractivity contribution >= 4 is 11.9 Å². The molecule has 0 spiro atoms. The lowest BCUT2D eigenvalue weighted by molar-refractivity contribution is -0.131. The molecular formula is C28H32O4. The summed E-state index contributed by atoms with van der Waals surface area (Å²) in [6.07, 6.45) is 5.61. The molecule has 1 aliphatic carbocycles. The van der Waals surface area contributed by atoms with E-state index >= 15 is 0 Å². The molecule has 0 amide bonds. The van der Waals surface area contributed by atoms with E-state index in [4.69, 9.17) is 9.47 Å². The van der Waals surface area contributed by atoms with Crippen molar-refractivity contribution in [1.29, 1.82) is 0 Å². The number of benzene rings is 2. The van der Waals surface area contributed by atoms with Crippen LogP contribution in [0, 0.1) is 13.8 Å².